The molecule has 0 aromatic heterocycles. The summed E-state index contributed by atoms with van der Waals surface area (Å²) in [5.74, 6) is -2.26. The van der Waals surface area contributed by atoms with E-state index in [0.29, 0.717) is 0 Å². The number of carboxylic acids is 1. The van der Waals surface area contributed by atoms with Crippen molar-refractivity contribution in [2.45, 2.75) is 56.5 Å². The predicted octanol–water partition coefficient (Wildman–Crippen LogP) is 0.431. The lowest BCUT2D eigenvalue weighted by molar-refractivity contribution is -0.148. The predicted molar refractivity (Wildman–Crippen MR) is 75.7 cm³/mol. The minimum Gasteiger partial charge on any atom is -0.480 e. The number of rotatable bonds is 7. The second-order valence-electron chi connectivity index (χ2n) is 5.51. The maximum absolute atomic E-state index is 12.1. The van der Waals surface area contributed by atoms with Gasteiger partial charge in [-0.15, -0.1) is 0 Å². The summed E-state index contributed by atoms with van der Waals surface area (Å²) in [6, 6.07) is -1.25. The molecular formula is C14H24N2O5. The second-order valence-corrected chi connectivity index (χ2v) is 5.51. The summed E-state index contributed by atoms with van der Waals surface area (Å²) in [5, 5.41) is 14.7. The summed E-state index contributed by atoms with van der Waals surface area (Å²) in [6.07, 6.45) is 4.90. The molecule has 120 valence electrons. The lowest BCUT2D eigenvalue weighted by atomic mass is 9.79. The van der Waals surface area contributed by atoms with Crippen molar-refractivity contribution in [3.8, 4) is 0 Å². The third kappa shape index (κ3) is 5.34. The Hall–Kier alpha value is -1.63. The number of nitrogens with one attached hydrogen (secondary N) is 2. The van der Waals surface area contributed by atoms with Gasteiger partial charge in [0.2, 0.25) is 5.91 Å². The summed E-state index contributed by atoms with van der Waals surface area (Å²) < 4.78 is 4.44. The van der Waals surface area contributed by atoms with Crippen LogP contribution >= 0.6 is 0 Å². The number of hydrogen-bond donors (Lipinski definition) is 3. The monoisotopic (exact) mass is 300 g/mol. The molecule has 0 radical (unpaired) electrons. The van der Waals surface area contributed by atoms with Crippen molar-refractivity contribution in [1.82, 2.24) is 10.6 Å². The molecule has 3 N–H and O–H groups in total. The van der Waals surface area contributed by atoms with E-state index < -0.39 is 18.0 Å². The fourth-order valence-corrected chi connectivity index (χ4v) is 2.75. The van der Waals surface area contributed by atoms with Gasteiger partial charge in [-0.1, -0.05) is 19.3 Å². The molecule has 0 unspecified atom stereocenters. The molecule has 0 bridgehead atoms. The van der Waals surface area contributed by atoms with Crippen LogP contribution in [0.5, 0.6) is 0 Å². The molecule has 1 fully saturated rings. The summed E-state index contributed by atoms with van der Waals surface area (Å²) in [6.45, 7) is 0. The molecule has 1 rings (SSSR count). The molecule has 21 heavy (non-hydrogen) atoms. The summed E-state index contributed by atoms with van der Waals surface area (Å²) >= 11 is 0. The van der Waals surface area contributed by atoms with Gasteiger partial charge in [-0.2, -0.15) is 0 Å². The van der Waals surface area contributed by atoms with Crippen molar-refractivity contribution >= 4 is 17.8 Å². The number of amides is 1. The quantitative estimate of drug-likeness (QED) is 0.589. The van der Waals surface area contributed by atoms with Crippen molar-refractivity contribution < 1.29 is 24.2 Å². The molecule has 0 spiro atoms. The van der Waals surface area contributed by atoms with E-state index in [0.717, 1.165) is 32.1 Å². The van der Waals surface area contributed by atoms with Crippen LogP contribution in [0.15, 0.2) is 0 Å². The van der Waals surface area contributed by atoms with Crippen LogP contribution in [0, 0.1) is 0 Å². The molecule has 0 aromatic carbocycles. The standard InChI is InChI=1S/C14H24N2O5/c1-15-14(6-4-3-5-7-14)9-11(17)16-10(13(19)20)8-12(18)21-2/h10,15H,3-9H2,1-2H3,(H,16,17)(H,19,20)/t10-/m0/s1. The van der Waals surface area contributed by atoms with Crippen molar-refractivity contribution in [1.29, 1.82) is 0 Å². The molecule has 1 saturated carbocycles. The summed E-state index contributed by atoms with van der Waals surface area (Å²) in [7, 11) is 3.00. The number of esters is 1. The van der Waals surface area contributed by atoms with E-state index in [1.54, 1.807) is 0 Å². The maximum atomic E-state index is 12.1. The molecule has 7 nitrogen and oxygen atoms in total. The number of carbonyl (C=O) groups excluding carboxylic acids is 2. The summed E-state index contributed by atoms with van der Waals surface area (Å²) in [4.78, 5) is 34.4. The normalized spacial score (nSPS) is 18.6. The molecule has 0 saturated heterocycles. The number of methoxy groups -OCH3 is 1. The first-order valence-electron chi connectivity index (χ1n) is 7.20. The van der Waals surface area contributed by atoms with Crippen LogP contribution < -0.4 is 10.6 Å². The molecular weight excluding hydrogens is 276 g/mol. The zero-order chi connectivity index (χ0) is 15.9. The van der Waals surface area contributed by atoms with Crippen LogP contribution in [0.1, 0.15) is 44.9 Å². The minimum atomic E-state index is -1.25. The first-order valence-corrected chi connectivity index (χ1v) is 7.20. The number of hydrogen-bond acceptors (Lipinski definition) is 5. The van der Waals surface area contributed by atoms with E-state index in [1.165, 1.54) is 7.11 Å². The number of ether oxygens (including phenoxy) is 1. The highest BCUT2D eigenvalue weighted by molar-refractivity contribution is 5.87. The average molecular weight is 300 g/mol. The molecule has 1 atom stereocenters. The number of aliphatic carboxylic acids is 1. The van der Waals surface area contributed by atoms with Gasteiger partial charge in [0.1, 0.15) is 6.04 Å². The van der Waals surface area contributed by atoms with E-state index in [2.05, 4.69) is 15.4 Å². The second kappa shape index (κ2) is 7.97. The Morgan fingerprint density at radius 3 is 2.33 bits per heavy atom. The van der Waals surface area contributed by atoms with Gasteiger partial charge in [0, 0.05) is 12.0 Å². The summed E-state index contributed by atoms with van der Waals surface area (Å²) in [5.41, 5.74) is -0.267. The maximum Gasteiger partial charge on any atom is 0.326 e. The van der Waals surface area contributed by atoms with E-state index in [-0.39, 0.29) is 24.3 Å². The number of carbonyl (C=O) groups is 3. The highest BCUT2D eigenvalue weighted by Crippen LogP contribution is 2.30. The van der Waals surface area contributed by atoms with Crippen LogP contribution in [0.2, 0.25) is 0 Å². The smallest absolute Gasteiger partial charge is 0.326 e. The lowest BCUT2D eigenvalue weighted by Crippen LogP contribution is -2.51. The Morgan fingerprint density at radius 1 is 1.24 bits per heavy atom. The Labute approximate surface area is 124 Å². The van der Waals surface area contributed by atoms with Gasteiger partial charge in [-0.25, -0.2) is 4.79 Å². The minimum absolute atomic E-state index is 0.217. The third-order valence-electron chi connectivity index (χ3n) is 4.07. The molecule has 1 amide bonds. The SMILES string of the molecule is CNC1(CC(=O)N[C@@H](CC(=O)OC)C(=O)O)CCCCC1. The largest absolute Gasteiger partial charge is 0.480 e. The Kier molecular flexibility index (Phi) is 6.61. The van der Waals surface area contributed by atoms with Gasteiger partial charge < -0.3 is 20.5 Å². The van der Waals surface area contributed by atoms with Crippen LogP contribution in [-0.2, 0) is 19.1 Å². The Bertz CT molecular complexity index is 391. The first-order chi connectivity index (χ1) is 9.92. The molecule has 7 heteroatoms. The van der Waals surface area contributed by atoms with Gasteiger partial charge in [-0.05, 0) is 19.9 Å². The van der Waals surface area contributed by atoms with Gasteiger partial charge in [0.15, 0.2) is 0 Å². The fraction of sp³-hybridized carbons (Fsp3) is 0.786. The third-order valence-corrected chi connectivity index (χ3v) is 4.07. The highest BCUT2D eigenvalue weighted by Gasteiger charge is 2.34. The molecule has 0 heterocycles. The van der Waals surface area contributed by atoms with E-state index in [4.69, 9.17) is 5.11 Å². The van der Waals surface area contributed by atoms with E-state index in [9.17, 15) is 14.4 Å². The highest BCUT2D eigenvalue weighted by atomic mass is 16.5. The van der Waals surface area contributed by atoms with Crippen molar-refractivity contribution in [2.75, 3.05) is 14.2 Å². The van der Waals surface area contributed by atoms with Gasteiger partial charge in [0.05, 0.1) is 13.5 Å². The number of carboxylic acid groups (broad SMARTS) is 1. The molecule has 0 aliphatic heterocycles. The Balaban J connectivity index is 2.60. The topological polar surface area (TPSA) is 105 Å². The van der Waals surface area contributed by atoms with Crippen molar-refractivity contribution in [3.63, 3.8) is 0 Å². The van der Waals surface area contributed by atoms with Gasteiger partial charge in [-0.3, -0.25) is 9.59 Å². The van der Waals surface area contributed by atoms with Crippen LogP contribution in [-0.4, -0.2) is 48.7 Å². The first kappa shape index (κ1) is 17.4. The Morgan fingerprint density at radius 2 is 1.86 bits per heavy atom. The van der Waals surface area contributed by atoms with Crippen LogP contribution in [0.3, 0.4) is 0 Å². The van der Waals surface area contributed by atoms with E-state index in [1.807, 2.05) is 7.05 Å². The van der Waals surface area contributed by atoms with Gasteiger partial charge >= 0.3 is 11.9 Å². The average Bonchev–Trinajstić information content (AvgIpc) is 2.47. The van der Waals surface area contributed by atoms with Crippen molar-refractivity contribution in [3.05, 3.63) is 0 Å². The zero-order valence-corrected chi connectivity index (χ0v) is 12.6. The zero-order valence-electron chi connectivity index (χ0n) is 12.6. The van der Waals surface area contributed by atoms with Crippen molar-refractivity contribution in [2.24, 2.45) is 0 Å². The van der Waals surface area contributed by atoms with E-state index >= 15 is 0 Å². The molecule has 1 aliphatic carbocycles. The van der Waals surface area contributed by atoms with Crippen LogP contribution in [0.4, 0.5) is 0 Å². The molecule has 0 aromatic rings. The molecule has 1 aliphatic rings. The lowest BCUT2D eigenvalue weighted by Gasteiger charge is -2.36. The van der Waals surface area contributed by atoms with Crippen LogP contribution in [0.25, 0.3) is 0 Å². The van der Waals surface area contributed by atoms with Gasteiger partial charge in [0.25, 0.3) is 0 Å². The fourth-order valence-electron chi connectivity index (χ4n) is 2.75.